The zero-order valence-corrected chi connectivity index (χ0v) is 12.0. The van der Waals surface area contributed by atoms with Gasteiger partial charge in [0.1, 0.15) is 0 Å². The summed E-state index contributed by atoms with van der Waals surface area (Å²) in [5.74, 6) is 0. The van der Waals surface area contributed by atoms with Crippen LogP contribution in [0, 0.1) is 0 Å². The van der Waals surface area contributed by atoms with Gasteiger partial charge in [0.05, 0.1) is 6.61 Å². The lowest BCUT2D eigenvalue weighted by atomic mass is 10.00. The van der Waals surface area contributed by atoms with E-state index in [1.54, 1.807) is 0 Å². The SMILES string of the molecule is CCOCCN(C)C(C)C(NC)c1ccccc1. The van der Waals surface area contributed by atoms with Gasteiger partial charge >= 0.3 is 0 Å². The molecular formula is C15H26N2O. The number of likely N-dealkylation sites (N-methyl/N-ethyl adjacent to an activating group) is 2. The highest BCUT2D eigenvalue weighted by atomic mass is 16.5. The van der Waals surface area contributed by atoms with Crippen LogP contribution in [-0.4, -0.2) is 44.8 Å². The molecule has 2 atom stereocenters. The van der Waals surface area contributed by atoms with E-state index in [-0.39, 0.29) is 0 Å². The number of hydrogen-bond donors (Lipinski definition) is 1. The third kappa shape index (κ3) is 4.41. The largest absolute Gasteiger partial charge is 0.380 e. The van der Waals surface area contributed by atoms with Crippen molar-refractivity contribution in [1.29, 1.82) is 0 Å². The van der Waals surface area contributed by atoms with Crippen molar-refractivity contribution >= 4 is 0 Å². The van der Waals surface area contributed by atoms with Crippen LogP contribution >= 0.6 is 0 Å². The third-order valence-electron chi connectivity index (χ3n) is 3.44. The first-order chi connectivity index (χ1) is 8.70. The molecule has 1 aromatic carbocycles. The van der Waals surface area contributed by atoms with Gasteiger partial charge in [-0.25, -0.2) is 0 Å². The fourth-order valence-electron chi connectivity index (χ4n) is 2.16. The van der Waals surface area contributed by atoms with E-state index in [0.29, 0.717) is 12.1 Å². The minimum atomic E-state index is 0.345. The lowest BCUT2D eigenvalue weighted by Gasteiger charge is -2.32. The zero-order chi connectivity index (χ0) is 13.4. The first-order valence-corrected chi connectivity index (χ1v) is 6.70. The van der Waals surface area contributed by atoms with Crippen LogP contribution in [0.1, 0.15) is 25.5 Å². The van der Waals surface area contributed by atoms with E-state index in [1.807, 2.05) is 14.0 Å². The number of benzene rings is 1. The van der Waals surface area contributed by atoms with Crippen molar-refractivity contribution < 1.29 is 4.74 Å². The molecule has 0 saturated carbocycles. The second kappa shape index (κ2) is 8.25. The summed E-state index contributed by atoms with van der Waals surface area (Å²) in [5.41, 5.74) is 1.33. The summed E-state index contributed by atoms with van der Waals surface area (Å²) < 4.78 is 5.41. The van der Waals surface area contributed by atoms with Crippen LogP contribution in [0.15, 0.2) is 30.3 Å². The van der Waals surface area contributed by atoms with Gasteiger partial charge in [0.2, 0.25) is 0 Å². The third-order valence-corrected chi connectivity index (χ3v) is 3.44. The molecule has 1 rings (SSSR count). The number of ether oxygens (including phenoxy) is 1. The Morgan fingerprint density at radius 2 is 1.94 bits per heavy atom. The molecule has 3 nitrogen and oxygen atoms in total. The van der Waals surface area contributed by atoms with Crippen LogP contribution in [0.5, 0.6) is 0 Å². The van der Waals surface area contributed by atoms with Gasteiger partial charge in [-0.3, -0.25) is 4.90 Å². The van der Waals surface area contributed by atoms with Gasteiger partial charge in [-0.05, 0) is 33.5 Å². The fraction of sp³-hybridized carbons (Fsp3) is 0.600. The average molecular weight is 250 g/mol. The van der Waals surface area contributed by atoms with Crippen LogP contribution in [0.2, 0.25) is 0 Å². The first kappa shape index (κ1) is 15.2. The molecule has 0 radical (unpaired) electrons. The molecule has 1 N–H and O–H groups in total. The molecule has 0 spiro atoms. The molecule has 0 aliphatic rings. The van der Waals surface area contributed by atoms with Gasteiger partial charge in [-0.2, -0.15) is 0 Å². The van der Waals surface area contributed by atoms with Crippen molar-refractivity contribution in [3.8, 4) is 0 Å². The van der Waals surface area contributed by atoms with Crippen molar-refractivity contribution in [2.24, 2.45) is 0 Å². The van der Waals surface area contributed by atoms with E-state index >= 15 is 0 Å². The van der Waals surface area contributed by atoms with Crippen LogP contribution in [0.3, 0.4) is 0 Å². The number of rotatable bonds is 8. The fourth-order valence-corrected chi connectivity index (χ4v) is 2.16. The van der Waals surface area contributed by atoms with Crippen molar-refractivity contribution in [1.82, 2.24) is 10.2 Å². The molecule has 3 heteroatoms. The monoisotopic (exact) mass is 250 g/mol. The van der Waals surface area contributed by atoms with Gasteiger partial charge in [0.15, 0.2) is 0 Å². The molecule has 2 unspecified atom stereocenters. The predicted octanol–water partition coefficient (Wildman–Crippen LogP) is 2.30. The second-order valence-corrected chi connectivity index (χ2v) is 4.60. The molecular weight excluding hydrogens is 224 g/mol. The first-order valence-electron chi connectivity index (χ1n) is 6.70. The Hall–Kier alpha value is -0.900. The molecule has 102 valence electrons. The number of hydrogen-bond acceptors (Lipinski definition) is 3. The topological polar surface area (TPSA) is 24.5 Å². The van der Waals surface area contributed by atoms with Gasteiger partial charge in [-0.1, -0.05) is 30.3 Å². The molecule has 0 aliphatic carbocycles. The van der Waals surface area contributed by atoms with Crippen molar-refractivity contribution in [3.05, 3.63) is 35.9 Å². The summed E-state index contributed by atoms with van der Waals surface area (Å²) >= 11 is 0. The van der Waals surface area contributed by atoms with E-state index < -0.39 is 0 Å². The Labute approximate surface area is 111 Å². The second-order valence-electron chi connectivity index (χ2n) is 4.60. The van der Waals surface area contributed by atoms with E-state index in [0.717, 1.165) is 19.8 Å². The molecule has 0 saturated heterocycles. The minimum Gasteiger partial charge on any atom is -0.380 e. The maximum absolute atomic E-state index is 5.41. The van der Waals surface area contributed by atoms with Crippen molar-refractivity contribution in [2.75, 3.05) is 33.9 Å². The Kier molecular flexibility index (Phi) is 6.94. The van der Waals surface area contributed by atoms with Gasteiger partial charge in [0.25, 0.3) is 0 Å². The zero-order valence-electron chi connectivity index (χ0n) is 12.0. The standard InChI is InChI=1S/C15H26N2O/c1-5-18-12-11-17(4)13(2)15(16-3)14-9-7-6-8-10-14/h6-10,13,15-16H,5,11-12H2,1-4H3. The van der Waals surface area contributed by atoms with Gasteiger partial charge < -0.3 is 10.1 Å². The van der Waals surface area contributed by atoms with Crippen LogP contribution < -0.4 is 5.32 Å². The summed E-state index contributed by atoms with van der Waals surface area (Å²) in [4.78, 5) is 2.34. The summed E-state index contributed by atoms with van der Waals surface area (Å²) in [7, 11) is 4.17. The molecule has 0 heterocycles. The normalized spacial score (nSPS) is 14.7. The summed E-state index contributed by atoms with van der Waals surface area (Å²) in [6.07, 6.45) is 0. The molecule has 0 aromatic heterocycles. The van der Waals surface area contributed by atoms with E-state index in [9.17, 15) is 0 Å². The van der Waals surface area contributed by atoms with Gasteiger partial charge in [-0.15, -0.1) is 0 Å². The Morgan fingerprint density at radius 1 is 1.28 bits per heavy atom. The van der Waals surface area contributed by atoms with Crippen molar-refractivity contribution in [3.63, 3.8) is 0 Å². The Bertz CT molecular complexity index is 316. The predicted molar refractivity (Wildman–Crippen MR) is 76.8 cm³/mol. The van der Waals surface area contributed by atoms with E-state index in [1.165, 1.54) is 5.56 Å². The highest BCUT2D eigenvalue weighted by molar-refractivity contribution is 5.20. The maximum atomic E-state index is 5.41. The smallest absolute Gasteiger partial charge is 0.0593 e. The van der Waals surface area contributed by atoms with E-state index in [4.69, 9.17) is 4.74 Å². The molecule has 1 aromatic rings. The lowest BCUT2D eigenvalue weighted by molar-refractivity contribution is 0.102. The summed E-state index contributed by atoms with van der Waals surface area (Å²) in [5, 5.41) is 3.41. The van der Waals surface area contributed by atoms with Gasteiger partial charge in [0, 0.05) is 25.2 Å². The quantitative estimate of drug-likeness (QED) is 0.717. The molecule has 18 heavy (non-hydrogen) atoms. The summed E-state index contributed by atoms with van der Waals surface area (Å²) in [6.45, 7) is 6.82. The Morgan fingerprint density at radius 3 is 2.50 bits per heavy atom. The maximum Gasteiger partial charge on any atom is 0.0593 e. The van der Waals surface area contributed by atoms with Crippen LogP contribution in [0.25, 0.3) is 0 Å². The molecule has 0 aliphatic heterocycles. The molecule has 0 bridgehead atoms. The number of nitrogens with one attached hydrogen (secondary N) is 1. The minimum absolute atomic E-state index is 0.345. The Balaban J connectivity index is 2.59. The number of nitrogens with zero attached hydrogens (tertiary/aromatic N) is 1. The summed E-state index contributed by atoms with van der Waals surface area (Å²) in [6, 6.07) is 11.4. The highest BCUT2D eigenvalue weighted by Crippen LogP contribution is 2.19. The molecule has 0 amide bonds. The average Bonchev–Trinajstić information content (AvgIpc) is 2.41. The van der Waals surface area contributed by atoms with Crippen molar-refractivity contribution in [2.45, 2.75) is 25.9 Å². The van der Waals surface area contributed by atoms with Crippen LogP contribution in [-0.2, 0) is 4.74 Å². The van der Waals surface area contributed by atoms with Crippen LogP contribution in [0.4, 0.5) is 0 Å². The molecule has 0 fully saturated rings. The van der Waals surface area contributed by atoms with E-state index in [2.05, 4.69) is 54.5 Å². The highest BCUT2D eigenvalue weighted by Gasteiger charge is 2.20. The lowest BCUT2D eigenvalue weighted by Crippen LogP contribution is -2.41.